The first-order valence-corrected chi connectivity index (χ1v) is 7.88. The van der Waals surface area contributed by atoms with E-state index in [1.807, 2.05) is 19.1 Å². The number of hydrogen-bond acceptors (Lipinski definition) is 4. The fraction of sp³-hybridized carbons (Fsp3) is 0.333. The third kappa shape index (κ3) is 2.99. The molecule has 0 fully saturated rings. The van der Waals surface area contributed by atoms with E-state index < -0.39 is 0 Å². The number of carbonyl (C=O) groups excluding carboxylic acids is 1. The lowest BCUT2D eigenvalue weighted by Gasteiger charge is -2.22. The summed E-state index contributed by atoms with van der Waals surface area (Å²) >= 11 is 0. The Morgan fingerprint density at radius 3 is 2.87 bits per heavy atom. The second-order valence-electron chi connectivity index (χ2n) is 5.55. The highest BCUT2D eigenvalue weighted by atomic mass is 16.5. The van der Waals surface area contributed by atoms with Crippen LogP contribution in [-0.2, 0) is 4.74 Å². The maximum atomic E-state index is 11.9. The number of ether oxygens (including phenoxy) is 1. The number of benzene rings is 2. The summed E-state index contributed by atoms with van der Waals surface area (Å²) in [5, 5.41) is 5.79. The van der Waals surface area contributed by atoms with Crippen LogP contribution in [0.3, 0.4) is 0 Å². The van der Waals surface area contributed by atoms with Crippen LogP contribution in [0.1, 0.15) is 24.9 Å². The summed E-state index contributed by atoms with van der Waals surface area (Å²) in [6, 6.07) is 14.6. The molecule has 1 amide bonds. The second-order valence-corrected chi connectivity index (χ2v) is 5.55. The molecule has 2 aromatic rings. The van der Waals surface area contributed by atoms with Crippen molar-refractivity contribution in [3.8, 4) is 0 Å². The Bertz CT molecular complexity index is 737. The van der Waals surface area contributed by atoms with Crippen molar-refractivity contribution >= 4 is 22.8 Å². The molecule has 23 heavy (non-hydrogen) atoms. The summed E-state index contributed by atoms with van der Waals surface area (Å²) in [7, 11) is 1.39. The Labute approximate surface area is 136 Å². The van der Waals surface area contributed by atoms with E-state index in [1.165, 1.54) is 23.4 Å². The van der Waals surface area contributed by atoms with E-state index >= 15 is 0 Å². The number of hydrogen-bond donors (Lipinski definition) is 1. The molecular weight excluding hydrogens is 290 g/mol. The monoisotopic (exact) mass is 311 g/mol. The first kappa shape index (κ1) is 15.3. The molecule has 1 aliphatic rings. The van der Waals surface area contributed by atoms with Gasteiger partial charge in [-0.05, 0) is 22.8 Å². The molecule has 1 N–H and O–H groups in total. The van der Waals surface area contributed by atoms with E-state index in [-0.39, 0.29) is 12.1 Å². The molecular formula is C18H21N3O2. The lowest BCUT2D eigenvalue weighted by atomic mass is 9.99. The molecule has 0 radical (unpaired) electrons. The number of guanidine groups is 1. The Hall–Kier alpha value is -2.56. The summed E-state index contributed by atoms with van der Waals surface area (Å²) in [4.78, 5) is 18.0. The number of fused-ring (bicyclic) bond motifs is 1. The Morgan fingerprint density at radius 1 is 1.30 bits per heavy atom. The normalized spacial score (nSPS) is 16.8. The number of nitrogens with one attached hydrogen (secondary N) is 1. The Morgan fingerprint density at radius 2 is 2.09 bits per heavy atom. The van der Waals surface area contributed by atoms with Gasteiger partial charge in [0, 0.05) is 6.54 Å². The number of aliphatic imine (C=N–C) groups is 1. The van der Waals surface area contributed by atoms with E-state index in [0.29, 0.717) is 19.0 Å². The Kier molecular flexibility index (Phi) is 4.46. The molecule has 0 aliphatic carbocycles. The van der Waals surface area contributed by atoms with E-state index in [0.717, 1.165) is 6.42 Å². The highest BCUT2D eigenvalue weighted by molar-refractivity contribution is 5.96. The molecule has 0 saturated heterocycles. The standard InChI is InChI=1S/C18H21N3O2/c1-3-11-21(18(22)23-2)17-19-12-16(20-17)15-10-6-8-13-7-4-5-9-14(13)15/h4-10,16H,3,11-12H2,1-2H3,(H,19,20). The molecule has 1 aliphatic heterocycles. The molecule has 1 atom stereocenters. The largest absolute Gasteiger partial charge is 0.452 e. The van der Waals surface area contributed by atoms with Gasteiger partial charge in [-0.3, -0.25) is 4.99 Å². The molecule has 0 saturated carbocycles. The fourth-order valence-electron chi connectivity index (χ4n) is 2.94. The molecule has 0 aromatic heterocycles. The van der Waals surface area contributed by atoms with Crippen molar-refractivity contribution in [2.45, 2.75) is 19.4 Å². The van der Waals surface area contributed by atoms with Crippen LogP contribution < -0.4 is 5.32 Å². The van der Waals surface area contributed by atoms with E-state index in [1.54, 1.807) is 4.90 Å². The quantitative estimate of drug-likeness (QED) is 0.946. The molecule has 1 unspecified atom stereocenters. The van der Waals surface area contributed by atoms with Crippen LogP contribution in [0.25, 0.3) is 10.8 Å². The fourth-order valence-corrected chi connectivity index (χ4v) is 2.94. The van der Waals surface area contributed by atoms with Gasteiger partial charge in [0.25, 0.3) is 0 Å². The number of methoxy groups -OCH3 is 1. The lowest BCUT2D eigenvalue weighted by molar-refractivity contribution is 0.145. The summed E-state index contributed by atoms with van der Waals surface area (Å²) < 4.78 is 4.85. The zero-order valence-corrected chi connectivity index (χ0v) is 13.5. The number of rotatable bonds is 3. The molecule has 5 heteroatoms. The van der Waals surface area contributed by atoms with Crippen molar-refractivity contribution in [3.63, 3.8) is 0 Å². The van der Waals surface area contributed by atoms with Gasteiger partial charge in [0.05, 0.1) is 19.7 Å². The predicted octanol–water partition coefficient (Wildman–Crippen LogP) is 3.32. The highest BCUT2D eigenvalue weighted by Crippen LogP contribution is 2.26. The van der Waals surface area contributed by atoms with Gasteiger partial charge in [0.15, 0.2) is 0 Å². The van der Waals surface area contributed by atoms with Gasteiger partial charge in [0.1, 0.15) is 0 Å². The van der Waals surface area contributed by atoms with Crippen LogP contribution in [0.2, 0.25) is 0 Å². The molecule has 5 nitrogen and oxygen atoms in total. The number of carbonyl (C=O) groups is 1. The first-order valence-electron chi connectivity index (χ1n) is 7.88. The van der Waals surface area contributed by atoms with Gasteiger partial charge in [-0.15, -0.1) is 0 Å². The van der Waals surface area contributed by atoms with Gasteiger partial charge < -0.3 is 10.1 Å². The van der Waals surface area contributed by atoms with E-state index in [9.17, 15) is 4.79 Å². The average Bonchev–Trinajstić information content (AvgIpc) is 3.08. The molecule has 0 spiro atoms. The van der Waals surface area contributed by atoms with Gasteiger partial charge in [0.2, 0.25) is 5.96 Å². The van der Waals surface area contributed by atoms with Crippen molar-refractivity contribution in [2.24, 2.45) is 4.99 Å². The van der Waals surface area contributed by atoms with Crippen LogP contribution >= 0.6 is 0 Å². The topological polar surface area (TPSA) is 53.9 Å². The van der Waals surface area contributed by atoms with Crippen molar-refractivity contribution in [3.05, 3.63) is 48.0 Å². The van der Waals surface area contributed by atoms with Gasteiger partial charge in [-0.25, -0.2) is 9.69 Å². The number of amides is 1. The van der Waals surface area contributed by atoms with Crippen LogP contribution in [0.4, 0.5) is 4.79 Å². The minimum atomic E-state index is -0.378. The minimum absolute atomic E-state index is 0.0695. The van der Waals surface area contributed by atoms with Gasteiger partial charge in [-0.2, -0.15) is 0 Å². The van der Waals surface area contributed by atoms with Crippen LogP contribution in [-0.4, -0.2) is 37.2 Å². The van der Waals surface area contributed by atoms with Gasteiger partial charge >= 0.3 is 6.09 Å². The predicted molar refractivity (Wildman–Crippen MR) is 91.5 cm³/mol. The highest BCUT2D eigenvalue weighted by Gasteiger charge is 2.27. The first-order chi connectivity index (χ1) is 11.2. The lowest BCUT2D eigenvalue weighted by Crippen LogP contribution is -2.44. The average molecular weight is 311 g/mol. The minimum Gasteiger partial charge on any atom is -0.452 e. The van der Waals surface area contributed by atoms with Crippen molar-refractivity contribution in [2.75, 3.05) is 20.2 Å². The van der Waals surface area contributed by atoms with Crippen molar-refractivity contribution < 1.29 is 9.53 Å². The second kappa shape index (κ2) is 6.69. The Balaban J connectivity index is 1.84. The summed E-state index contributed by atoms with van der Waals surface area (Å²) in [5.41, 5.74) is 1.20. The van der Waals surface area contributed by atoms with Gasteiger partial charge in [-0.1, -0.05) is 49.4 Å². The summed E-state index contributed by atoms with van der Waals surface area (Å²) in [6.45, 7) is 3.22. The third-order valence-electron chi connectivity index (χ3n) is 4.02. The molecule has 1 heterocycles. The maximum Gasteiger partial charge on any atom is 0.416 e. The number of nitrogens with zero attached hydrogens (tertiary/aromatic N) is 2. The molecule has 120 valence electrons. The van der Waals surface area contributed by atoms with E-state index in [2.05, 4.69) is 40.6 Å². The van der Waals surface area contributed by atoms with Crippen LogP contribution in [0.15, 0.2) is 47.5 Å². The zero-order chi connectivity index (χ0) is 16.2. The smallest absolute Gasteiger partial charge is 0.416 e. The van der Waals surface area contributed by atoms with Crippen molar-refractivity contribution in [1.29, 1.82) is 0 Å². The molecule has 3 rings (SSSR count). The van der Waals surface area contributed by atoms with Crippen LogP contribution in [0.5, 0.6) is 0 Å². The van der Waals surface area contributed by atoms with Crippen molar-refractivity contribution in [1.82, 2.24) is 10.2 Å². The summed E-state index contributed by atoms with van der Waals surface area (Å²) in [5.74, 6) is 0.594. The SMILES string of the molecule is CCCN(C(=O)OC)C1=NCC(c2cccc3ccccc23)N1. The molecule has 0 bridgehead atoms. The van der Waals surface area contributed by atoms with E-state index in [4.69, 9.17) is 4.74 Å². The maximum absolute atomic E-state index is 11.9. The molecule has 2 aromatic carbocycles. The van der Waals surface area contributed by atoms with Crippen LogP contribution in [0, 0.1) is 0 Å². The third-order valence-corrected chi connectivity index (χ3v) is 4.02. The zero-order valence-electron chi connectivity index (χ0n) is 13.5. The summed E-state index contributed by atoms with van der Waals surface area (Å²) in [6.07, 6.45) is 0.464.